The lowest BCUT2D eigenvalue weighted by Crippen LogP contribution is -2.37. The van der Waals surface area contributed by atoms with Crippen molar-refractivity contribution in [2.45, 2.75) is 31.4 Å². The van der Waals surface area contributed by atoms with Crippen molar-refractivity contribution in [1.29, 1.82) is 0 Å². The van der Waals surface area contributed by atoms with Crippen LogP contribution in [0.4, 0.5) is 11.5 Å². The van der Waals surface area contributed by atoms with Crippen LogP contribution in [0.5, 0.6) is 5.88 Å². The lowest BCUT2D eigenvalue weighted by atomic mass is 10.1. The molecule has 204 valence electrons. The zero-order valence-corrected chi connectivity index (χ0v) is 22.5. The van der Waals surface area contributed by atoms with E-state index in [-0.39, 0.29) is 17.1 Å². The Labute approximate surface area is 235 Å². The third kappa shape index (κ3) is 5.15. The van der Waals surface area contributed by atoms with E-state index in [4.69, 9.17) is 26.3 Å². The smallest absolute Gasteiger partial charge is 0.257 e. The van der Waals surface area contributed by atoms with Crippen LogP contribution in [-0.2, 0) is 11.3 Å². The first kappa shape index (κ1) is 26.0. The van der Waals surface area contributed by atoms with Crippen LogP contribution in [0.2, 0.25) is 5.02 Å². The highest BCUT2D eigenvalue weighted by Gasteiger charge is 2.47. The second-order valence-corrected chi connectivity index (χ2v) is 10.4. The summed E-state index contributed by atoms with van der Waals surface area (Å²) in [6.07, 6.45) is 3.67. The number of hydrogen-bond acceptors (Lipinski definition) is 8. The molecule has 6 rings (SSSR count). The molecule has 2 aliphatic rings. The van der Waals surface area contributed by atoms with Crippen LogP contribution < -0.4 is 20.3 Å². The number of carbonyl (C=O) groups is 2. The first-order valence-electron chi connectivity index (χ1n) is 13.0. The minimum Gasteiger partial charge on any atom is -0.481 e. The summed E-state index contributed by atoms with van der Waals surface area (Å²) in [5.41, 5.74) is 1.71. The number of carbonyl (C=O) groups excluding carboxylic acids is 2. The summed E-state index contributed by atoms with van der Waals surface area (Å²) < 4.78 is 5.27. The molecule has 0 unspecified atom stereocenters. The molecule has 0 spiro atoms. The molecule has 2 amide bonds. The molecule has 1 saturated heterocycles. The highest BCUT2D eigenvalue weighted by Crippen LogP contribution is 2.35. The minimum absolute atomic E-state index is 0.174. The molecule has 1 saturated carbocycles. The van der Waals surface area contributed by atoms with Gasteiger partial charge < -0.3 is 25.4 Å². The first-order chi connectivity index (χ1) is 19.3. The Hall–Kier alpha value is -4.28. The van der Waals surface area contributed by atoms with Crippen LogP contribution in [0.25, 0.3) is 22.3 Å². The molecular weight excluding hydrogens is 532 g/mol. The van der Waals surface area contributed by atoms with E-state index in [2.05, 4.69) is 20.5 Å². The molecule has 1 aliphatic carbocycles. The van der Waals surface area contributed by atoms with Crippen LogP contribution >= 0.6 is 11.6 Å². The topological polar surface area (TPSA) is 130 Å². The number of hydrogen-bond donors (Lipinski definition) is 3. The van der Waals surface area contributed by atoms with Gasteiger partial charge in [0.25, 0.3) is 11.8 Å². The fourth-order valence-electron chi connectivity index (χ4n) is 4.50. The summed E-state index contributed by atoms with van der Waals surface area (Å²) in [5, 5.41) is 16.8. The lowest BCUT2D eigenvalue weighted by Gasteiger charge is -2.33. The van der Waals surface area contributed by atoms with Gasteiger partial charge in [0.15, 0.2) is 5.82 Å². The first-order valence-corrected chi connectivity index (χ1v) is 13.4. The van der Waals surface area contributed by atoms with Crippen LogP contribution in [0, 0.1) is 0 Å². The molecule has 0 atom stereocenters. The maximum absolute atomic E-state index is 13.2. The Kier molecular flexibility index (Phi) is 6.73. The van der Waals surface area contributed by atoms with Crippen molar-refractivity contribution in [2.75, 3.05) is 30.4 Å². The summed E-state index contributed by atoms with van der Waals surface area (Å²) in [6.45, 7) is 2.00. The third-order valence-electron chi connectivity index (χ3n) is 7.17. The summed E-state index contributed by atoms with van der Waals surface area (Å²) in [6, 6.07) is 14.1. The van der Waals surface area contributed by atoms with Crippen LogP contribution in [0.1, 0.15) is 35.2 Å². The van der Waals surface area contributed by atoms with Gasteiger partial charge in [-0.3, -0.25) is 9.59 Å². The van der Waals surface area contributed by atoms with Crippen molar-refractivity contribution in [3.05, 3.63) is 70.9 Å². The van der Waals surface area contributed by atoms with Crippen LogP contribution in [0.3, 0.4) is 0 Å². The van der Waals surface area contributed by atoms with Gasteiger partial charge in [-0.15, -0.1) is 0 Å². The molecule has 1 aliphatic heterocycles. The molecule has 0 bridgehead atoms. The van der Waals surface area contributed by atoms with E-state index in [1.807, 2.05) is 24.3 Å². The highest BCUT2D eigenvalue weighted by atomic mass is 35.5. The normalized spacial score (nSPS) is 15.3. The van der Waals surface area contributed by atoms with Gasteiger partial charge in [-0.05, 0) is 61.2 Å². The second kappa shape index (κ2) is 10.4. The number of benzene rings is 2. The van der Waals surface area contributed by atoms with Crippen molar-refractivity contribution < 1.29 is 19.4 Å². The van der Waals surface area contributed by atoms with Crippen LogP contribution in [0.15, 0.2) is 54.7 Å². The van der Waals surface area contributed by atoms with E-state index >= 15 is 0 Å². The Bertz CT molecular complexity index is 1640. The molecule has 2 aromatic heterocycles. The summed E-state index contributed by atoms with van der Waals surface area (Å²) in [4.78, 5) is 41.4. The quantitative estimate of drug-likeness (QED) is 0.296. The Balaban J connectivity index is 1.27. The summed E-state index contributed by atoms with van der Waals surface area (Å²) in [5.74, 6) is 1.04. The molecule has 0 radical (unpaired) electrons. The van der Waals surface area contributed by atoms with Gasteiger partial charge in [0, 0.05) is 48.5 Å². The molecule has 2 aromatic carbocycles. The number of methoxy groups -OCH3 is 1. The molecule has 3 N–H and O–H groups in total. The number of amides is 2. The predicted molar refractivity (Wildman–Crippen MR) is 152 cm³/mol. The molecule has 3 heterocycles. The minimum atomic E-state index is -1.26. The third-order valence-corrected chi connectivity index (χ3v) is 7.50. The van der Waals surface area contributed by atoms with Gasteiger partial charge in [-0.2, -0.15) is 0 Å². The average Bonchev–Trinajstić information content (AvgIpc) is 3.69. The largest absolute Gasteiger partial charge is 0.481 e. The Morgan fingerprint density at radius 1 is 1.10 bits per heavy atom. The monoisotopic (exact) mass is 558 g/mol. The van der Waals surface area contributed by atoms with Crippen molar-refractivity contribution in [1.82, 2.24) is 20.3 Å². The molecule has 10 nitrogen and oxygen atoms in total. The van der Waals surface area contributed by atoms with E-state index in [0.29, 0.717) is 41.3 Å². The number of nitrogens with zero attached hydrogens (tertiary/aromatic N) is 4. The van der Waals surface area contributed by atoms with Crippen molar-refractivity contribution in [3.63, 3.8) is 0 Å². The van der Waals surface area contributed by atoms with Gasteiger partial charge in [0.1, 0.15) is 11.4 Å². The number of halogens is 1. The molecule has 4 aromatic rings. The molecular formula is C29H27ClN6O4. The number of rotatable bonds is 8. The van der Waals surface area contributed by atoms with Crippen molar-refractivity contribution in [2.24, 2.45) is 0 Å². The highest BCUT2D eigenvalue weighted by molar-refractivity contribution is 6.34. The Morgan fingerprint density at radius 2 is 1.93 bits per heavy atom. The number of fused-ring (bicyclic) bond motifs is 1. The van der Waals surface area contributed by atoms with Crippen LogP contribution in [-0.4, -0.2) is 57.7 Å². The number of ether oxygens (including phenoxy) is 1. The number of aliphatic hydroxyl groups is 1. The van der Waals surface area contributed by atoms with Crippen molar-refractivity contribution in [3.8, 4) is 17.3 Å². The van der Waals surface area contributed by atoms with E-state index in [1.54, 1.807) is 37.6 Å². The fraction of sp³-hybridized carbons (Fsp3) is 0.276. The van der Waals surface area contributed by atoms with E-state index in [9.17, 15) is 14.7 Å². The average molecular weight is 559 g/mol. The van der Waals surface area contributed by atoms with Gasteiger partial charge in [0.2, 0.25) is 5.88 Å². The van der Waals surface area contributed by atoms with E-state index in [0.717, 1.165) is 36.3 Å². The summed E-state index contributed by atoms with van der Waals surface area (Å²) >= 11 is 6.36. The summed E-state index contributed by atoms with van der Waals surface area (Å²) in [7, 11) is 1.56. The molecule has 2 fully saturated rings. The van der Waals surface area contributed by atoms with Gasteiger partial charge >= 0.3 is 0 Å². The van der Waals surface area contributed by atoms with Gasteiger partial charge in [0.05, 0.1) is 23.2 Å². The maximum atomic E-state index is 13.2. The standard InChI is InChI=1S/C29H27ClN6O4/c1-40-24-14-18(7-10-31-24)25-34-23-15-19(4-5-20(23)26(35-25)36-11-2-12-36)33-27(37)21-13-17(3-6-22(21)30)16-32-28(38)29(39)8-9-29/h3-7,10,13-15,39H,2,8-9,11-12,16H2,1H3,(H,32,38)(H,33,37). The fourth-order valence-corrected chi connectivity index (χ4v) is 4.70. The molecule has 40 heavy (non-hydrogen) atoms. The number of anilines is 2. The Morgan fingerprint density at radius 3 is 2.65 bits per heavy atom. The molecule has 11 heteroatoms. The van der Waals surface area contributed by atoms with Gasteiger partial charge in [-0.1, -0.05) is 17.7 Å². The maximum Gasteiger partial charge on any atom is 0.257 e. The number of aromatic nitrogens is 3. The SMILES string of the molecule is COc1cc(-c2nc(N3CCC3)c3ccc(NC(=O)c4cc(CNC(=O)C5(O)CC5)ccc4Cl)cc3n2)ccn1. The second-order valence-electron chi connectivity index (χ2n) is 10.0. The van der Waals surface area contributed by atoms with Crippen molar-refractivity contribution >= 4 is 45.8 Å². The van der Waals surface area contributed by atoms with E-state index in [1.165, 1.54) is 0 Å². The number of pyridine rings is 1. The predicted octanol–water partition coefficient (Wildman–Crippen LogP) is 3.96. The lowest BCUT2D eigenvalue weighted by molar-refractivity contribution is -0.131. The zero-order valence-electron chi connectivity index (χ0n) is 21.8. The van der Waals surface area contributed by atoms with E-state index < -0.39 is 17.4 Å². The van der Waals surface area contributed by atoms with Gasteiger partial charge in [-0.25, -0.2) is 15.0 Å². The zero-order chi connectivity index (χ0) is 27.9. The number of nitrogens with one attached hydrogen (secondary N) is 2.